The molecule has 0 spiro atoms. The minimum absolute atomic E-state index is 0.587. The number of hydrogen-bond donors (Lipinski definition) is 0. The second-order valence-electron chi connectivity index (χ2n) is 16.0. The van der Waals surface area contributed by atoms with Crippen molar-refractivity contribution >= 4 is 68.8 Å². The molecule has 12 heteroatoms. The van der Waals surface area contributed by atoms with Gasteiger partial charge in [-0.2, -0.15) is 0 Å². The van der Waals surface area contributed by atoms with Crippen molar-refractivity contribution in [2.45, 2.75) is 54.4 Å². The van der Waals surface area contributed by atoms with Crippen molar-refractivity contribution in [3.8, 4) is 65.5 Å². The molecule has 64 heavy (non-hydrogen) atoms. The molecule has 0 fully saturated rings. The molecule has 0 bridgehead atoms. The molecule has 0 aliphatic heterocycles. The molecule has 0 N–H and O–H groups in total. The fourth-order valence-corrected chi connectivity index (χ4v) is 10.1. The Bertz CT molecular complexity index is 2900. The third-order valence-electron chi connectivity index (χ3n) is 10.00. The van der Waals surface area contributed by atoms with Gasteiger partial charge in [0.2, 0.25) is 0 Å². The van der Waals surface area contributed by atoms with E-state index in [1.54, 1.807) is 40.2 Å². The summed E-state index contributed by atoms with van der Waals surface area (Å²) in [6.45, 7) is 13.1. The minimum atomic E-state index is 0.587. The third-order valence-corrected chi connectivity index (χ3v) is 13.7. The molecule has 324 valence electrons. The first-order valence-corrected chi connectivity index (χ1v) is 24.6. The zero-order valence-electron chi connectivity index (χ0n) is 36.4. The maximum atomic E-state index is 6.00. The molecule has 0 saturated heterocycles. The van der Waals surface area contributed by atoms with Crippen molar-refractivity contribution in [2.75, 3.05) is 0 Å². The molecule has 3 aromatic carbocycles. The van der Waals surface area contributed by atoms with Gasteiger partial charge in [0.25, 0.3) is 0 Å². The Morgan fingerprint density at radius 3 is 1.36 bits per heavy atom. The molecule has 0 amide bonds. The van der Waals surface area contributed by atoms with Gasteiger partial charge < -0.3 is 0 Å². The molecular formula is C52H47Cl3N6S3. The summed E-state index contributed by atoms with van der Waals surface area (Å²) in [4.78, 5) is 28.4. The summed E-state index contributed by atoms with van der Waals surface area (Å²) in [6, 6.07) is 29.5. The van der Waals surface area contributed by atoms with Crippen LogP contribution in [0.5, 0.6) is 0 Å². The van der Waals surface area contributed by atoms with Gasteiger partial charge in [-0.1, -0.05) is 98.9 Å². The van der Waals surface area contributed by atoms with Crippen molar-refractivity contribution in [3.05, 3.63) is 176 Å². The quantitative estimate of drug-likeness (QED) is 0.136. The minimum Gasteiger partial charge on any atom is -0.264 e. The number of rotatable bonds is 10. The van der Waals surface area contributed by atoms with E-state index < -0.39 is 0 Å². The van der Waals surface area contributed by atoms with Crippen molar-refractivity contribution in [1.29, 1.82) is 0 Å². The van der Waals surface area contributed by atoms with Crippen molar-refractivity contribution < 1.29 is 0 Å². The van der Waals surface area contributed by atoms with Gasteiger partial charge >= 0.3 is 0 Å². The topological polar surface area (TPSA) is 77.3 Å². The smallest absolute Gasteiger partial charge is 0.124 e. The standard InChI is InChI=1S/C19H19ClN2S.C18H17ClN2S.C15H11ClN2S/c1-12(2)10-17-18(16-11-21-9-8-13(16)3)22-19(23-17)14-4-6-15(20)7-5-14;1-12(2)9-14-7-8-20-10-16(14)17-11-22-18(21-17)13-3-5-15(19)6-4-13;1-10-6-7-17-8-13(10)14-9-19-15(18-14)11-2-4-12(16)5-3-11/h4-9,11-12H,10H2,1-3H3;3-8,10-12H,9H2,1-2H3;2-9H,1H3. The maximum Gasteiger partial charge on any atom is 0.124 e. The van der Waals surface area contributed by atoms with Crippen LogP contribution in [0, 0.1) is 25.7 Å². The second-order valence-corrected chi connectivity index (χ2v) is 20.1. The number of aryl methyl sites for hydroxylation is 2. The van der Waals surface area contributed by atoms with E-state index in [4.69, 9.17) is 44.8 Å². The molecule has 9 rings (SSSR count). The zero-order valence-corrected chi connectivity index (χ0v) is 41.1. The summed E-state index contributed by atoms with van der Waals surface area (Å²) in [7, 11) is 0. The molecule has 0 radical (unpaired) electrons. The largest absolute Gasteiger partial charge is 0.264 e. The molecule has 6 heterocycles. The Labute approximate surface area is 403 Å². The van der Waals surface area contributed by atoms with Crippen LogP contribution in [0.25, 0.3) is 65.5 Å². The molecule has 0 unspecified atom stereocenters. The van der Waals surface area contributed by atoms with E-state index in [1.165, 1.54) is 21.6 Å². The van der Waals surface area contributed by atoms with E-state index in [-0.39, 0.29) is 0 Å². The van der Waals surface area contributed by atoms with E-state index in [0.29, 0.717) is 11.8 Å². The fraction of sp³-hybridized carbons (Fsp3) is 0.192. The Balaban J connectivity index is 0.000000144. The first-order chi connectivity index (χ1) is 30.9. The highest BCUT2D eigenvalue weighted by Gasteiger charge is 2.18. The van der Waals surface area contributed by atoms with E-state index in [0.717, 1.165) is 93.4 Å². The molecule has 0 atom stereocenters. The highest BCUT2D eigenvalue weighted by molar-refractivity contribution is 7.15. The lowest BCUT2D eigenvalue weighted by molar-refractivity contribution is 0.647. The predicted octanol–water partition coefficient (Wildman–Crippen LogP) is 16.6. The molecule has 6 aromatic heterocycles. The van der Waals surface area contributed by atoms with Gasteiger partial charge in [0, 0.05) is 101 Å². The van der Waals surface area contributed by atoms with E-state index in [2.05, 4.69) is 78.3 Å². The molecule has 9 aromatic rings. The van der Waals surface area contributed by atoms with Crippen LogP contribution in [0.15, 0.2) is 139 Å². The Kier molecular flexibility index (Phi) is 16.2. The number of pyridine rings is 3. The van der Waals surface area contributed by atoms with Crippen LogP contribution in [0.2, 0.25) is 15.1 Å². The molecule has 0 aliphatic rings. The van der Waals surface area contributed by atoms with Crippen LogP contribution in [-0.2, 0) is 12.8 Å². The first-order valence-electron chi connectivity index (χ1n) is 20.9. The normalized spacial score (nSPS) is 11.0. The summed E-state index contributed by atoms with van der Waals surface area (Å²) in [5.74, 6) is 1.19. The molecule has 0 aliphatic carbocycles. The summed E-state index contributed by atoms with van der Waals surface area (Å²) in [6.07, 6.45) is 13.2. The highest BCUT2D eigenvalue weighted by Crippen LogP contribution is 2.37. The summed E-state index contributed by atoms with van der Waals surface area (Å²) >= 11 is 22.9. The van der Waals surface area contributed by atoms with Gasteiger partial charge in [-0.15, -0.1) is 34.0 Å². The second kappa shape index (κ2) is 22.2. The summed E-state index contributed by atoms with van der Waals surface area (Å²) in [5, 5.41) is 9.43. The van der Waals surface area contributed by atoms with Crippen LogP contribution < -0.4 is 0 Å². The van der Waals surface area contributed by atoms with Gasteiger partial charge in [-0.3, -0.25) is 15.0 Å². The monoisotopic (exact) mass is 956 g/mol. The van der Waals surface area contributed by atoms with E-state index >= 15 is 0 Å². The SMILES string of the molecule is CC(C)Cc1ccncc1-c1csc(-c2ccc(Cl)cc2)n1.Cc1ccncc1-c1csc(-c2ccc(Cl)cc2)n1.Cc1ccncc1-c1nc(-c2ccc(Cl)cc2)sc1CC(C)C. The van der Waals surface area contributed by atoms with Crippen LogP contribution in [0.4, 0.5) is 0 Å². The van der Waals surface area contributed by atoms with Crippen LogP contribution in [0.1, 0.15) is 49.3 Å². The summed E-state index contributed by atoms with van der Waals surface area (Å²) < 4.78 is 0. The third kappa shape index (κ3) is 12.4. The van der Waals surface area contributed by atoms with Gasteiger partial charge in [-0.25, -0.2) is 15.0 Å². The molecular weight excluding hydrogens is 911 g/mol. The first kappa shape index (κ1) is 46.9. The Morgan fingerprint density at radius 1 is 0.469 bits per heavy atom. The lowest BCUT2D eigenvalue weighted by Crippen LogP contribution is -1.97. The number of benzene rings is 3. The van der Waals surface area contributed by atoms with Crippen molar-refractivity contribution in [3.63, 3.8) is 0 Å². The lowest BCUT2D eigenvalue weighted by Gasteiger charge is -2.09. The number of nitrogens with zero attached hydrogens (tertiary/aromatic N) is 6. The average molecular weight is 959 g/mol. The molecule has 6 nitrogen and oxygen atoms in total. The van der Waals surface area contributed by atoms with Crippen LogP contribution in [0.3, 0.4) is 0 Å². The van der Waals surface area contributed by atoms with E-state index in [9.17, 15) is 0 Å². The highest BCUT2D eigenvalue weighted by atomic mass is 35.5. The zero-order chi connectivity index (χ0) is 45.2. The predicted molar refractivity (Wildman–Crippen MR) is 274 cm³/mol. The van der Waals surface area contributed by atoms with Gasteiger partial charge in [0.1, 0.15) is 15.0 Å². The van der Waals surface area contributed by atoms with Gasteiger partial charge in [-0.05, 0) is 110 Å². The van der Waals surface area contributed by atoms with Crippen molar-refractivity contribution in [1.82, 2.24) is 29.9 Å². The lowest BCUT2D eigenvalue weighted by atomic mass is 9.98. The fourth-order valence-electron chi connectivity index (χ4n) is 6.75. The number of aromatic nitrogens is 6. The Hall–Kier alpha value is -5.13. The number of thiazole rings is 3. The average Bonchev–Trinajstić information content (AvgIpc) is 4.07. The number of hydrogen-bond acceptors (Lipinski definition) is 9. The van der Waals surface area contributed by atoms with Crippen molar-refractivity contribution in [2.24, 2.45) is 11.8 Å². The number of halogens is 3. The van der Waals surface area contributed by atoms with Gasteiger partial charge in [0.15, 0.2) is 0 Å². The van der Waals surface area contributed by atoms with Gasteiger partial charge in [0.05, 0.1) is 17.1 Å². The summed E-state index contributed by atoms with van der Waals surface area (Å²) in [5.41, 5.74) is 13.4. The van der Waals surface area contributed by atoms with Crippen LogP contribution in [-0.4, -0.2) is 29.9 Å². The Morgan fingerprint density at radius 2 is 0.891 bits per heavy atom. The maximum absolute atomic E-state index is 6.00. The van der Waals surface area contributed by atoms with E-state index in [1.807, 2.05) is 116 Å². The van der Waals surface area contributed by atoms with Crippen LogP contribution >= 0.6 is 68.8 Å². The molecule has 0 saturated carbocycles.